The van der Waals surface area contributed by atoms with Crippen molar-refractivity contribution in [3.63, 3.8) is 0 Å². The number of aromatic nitrogens is 1. The zero-order valence-electron chi connectivity index (χ0n) is 13.3. The summed E-state index contributed by atoms with van der Waals surface area (Å²) >= 11 is 5.76. The number of nitrogens with one attached hydrogen (secondary N) is 2. The zero-order valence-corrected chi connectivity index (χ0v) is 14.1. The fraction of sp³-hybridized carbons (Fsp3) is 0. The lowest BCUT2D eigenvalue weighted by Crippen LogP contribution is -2.12. The van der Waals surface area contributed by atoms with E-state index in [0.29, 0.717) is 28.2 Å². The summed E-state index contributed by atoms with van der Waals surface area (Å²) in [5.41, 5.74) is 2.54. The molecule has 0 spiro atoms. The summed E-state index contributed by atoms with van der Waals surface area (Å²) in [5, 5.41) is 14.5. The monoisotopic (exact) mass is 366 g/mol. The van der Waals surface area contributed by atoms with Crippen molar-refractivity contribution in [2.75, 3.05) is 10.6 Å². The third-order valence-corrected chi connectivity index (χ3v) is 3.77. The Bertz CT molecular complexity index is 999. The standard InChI is InChI=1S/C19H12ClFN4O/c20-17-8-15(5-6-18(17)21)24-16-7-13(10-23-11-16)19(26)25-14-3-1-12(9-22)2-4-14/h1-8,10-11,24H,(H,25,26). The van der Waals surface area contributed by atoms with E-state index in [-0.39, 0.29) is 10.9 Å². The van der Waals surface area contributed by atoms with E-state index in [4.69, 9.17) is 16.9 Å². The lowest BCUT2D eigenvalue weighted by atomic mass is 10.2. The summed E-state index contributed by atoms with van der Waals surface area (Å²) in [7, 11) is 0. The highest BCUT2D eigenvalue weighted by Gasteiger charge is 2.09. The molecule has 1 heterocycles. The van der Waals surface area contributed by atoms with Crippen molar-refractivity contribution in [1.29, 1.82) is 5.26 Å². The van der Waals surface area contributed by atoms with E-state index in [1.165, 1.54) is 30.6 Å². The molecule has 3 aromatic rings. The second-order valence-electron chi connectivity index (χ2n) is 5.36. The number of anilines is 3. The smallest absolute Gasteiger partial charge is 0.257 e. The van der Waals surface area contributed by atoms with E-state index in [1.54, 1.807) is 30.3 Å². The van der Waals surface area contributed by atoms with Crippen LogP contribution >= 0.6 is 11.6 Å². The number of hydrogen-bond acceptors (Lipinski definition) is 4. The third kappa shape index (κ3) is 4.15. The zero-order chi connectivity index (χ0) is 18.5. The molecule has 0 radical (unpaired) electrons. The van der Waals surface area contributed by atoms with Gasteiger partial charge in [-0.1, -0.05) is 11.6 Å². The van der Waals surface area contributed by atoms with Crippen LogP contribution in [0.5, 0.6) is 0 Å². The first kappa shape index (κ1) is 17.4. The highest BCUT2D eigenvalue weighted by atomic mass is 35.5. The highest BCUT2D eigenvalue weighted by molar-refractivity contribution is 6.31. The number of rotatable bonds is 4. The Balaban J connectivity index is 1.74. The van der Waals surface area contributed by atoms with Gasteiger partial charge < -0.3 is 10.6 Å². The van der Waals surface area contributed by atoms with E-state index in [2.05, 4.69) is 15.6 Å². The van der Waals surface area contributed by atoms with Gasteiger partial charge in [-0.05, 0) is 48.5 Å². The molecule has 2 aromatic carbocycles. The summed E-state index contributed by atoms with van der Waals surface area (Å²) in [6.07, 6.45) is 2.97. The van der Waals surface area contributed by atoms with Crippen LogP contribution in [0.2, 0.25) is 5.02 Å². The number of nitrogens with zero attached hydrogens (tertiary/aromatic N) is 2. The van der Waals surface area contributed by atoms with Crippen LogP contribution in [0.4, 0.5) is 21.5 Å². The molecule has 0 unspecified atom stereocenters. The minimum atomic E-state index is -0.508. The second-order valence-corrected chi connectivity index (χ2v) is 5.77. The summed E-state index contributed by atoms with van der Waals surface area (Å²) in [4.78, 5) is 16.4. The molecule has 0 aliphatic carbocycles. The summed E-state index contributed by atoms with van der Waals surface area (Å²) in [5.74, 6) is -0.853. The Morgan fingerprint density at radius 1 is 1.04 bits per heavy atom. The SMILES string of the molecule is N#Cc1ccc(NC(=O)c2cncc(Nc3ccc(F)c(Cl)c3)c2)cc1. The molecule has 5 nitrogen and oxygen atoms in total. The van der Waals surface area contributed by atoms with Crippen molar-refractivity contribution in [2.45, 2.75) is 0 Å². The number of amides is 1. The van der Waals surface area contributed by atoms with Crippen LogP contribution in [0.25, 0.3) is 0 Å². The molecule has 0 saturated heterocycles. The average molecular weight is 367 g/mol. The third-order valence-electron chi connectivity index (χ3n) is 3.48. The molecule has 0 aliphatic heterocycles. The van der Waals surface area contributed by atoms with Crippen molar-refractivity contribution in [1.82, 2.24) is 4.98 Å². The Morgan fingerprint density at radius 2 is 1.77 bits per heavy atom. The maximum Gasteiger partial charge on any atom is 0.257 e. The van der Waals surface area contributed by atoms with Gasteiger partial charge >= 0.3 is 0 Å². The number of pyridine rings is 1. The largest absolute Gasteiger partial charge is 0.354 e. The average Bonchev–Trinajstić information content (AvgIpc) is 2.65. The number of hydrogen-bond donors (Lipinski definition) is 2. The Hall–Kier alpha value is -3.43. The Kier molecular flexibility index (Phi) is 5.11. The molecule has 0 atom stereocenters. The van der Waals surface area contributed by atoms with Crippen molar-refractivity contribution >= 4 is 34.6 Å². The molecule has 128 valence electrons. The Labute approximate surface area is 154 Å². The van der Waals surface area contributed by atoms with Gasteiger partial charge in [0.2, 0.25) is 0 Å². The molecule has 7 heteroatoms. The van der Waals surface area contributed by atoms with Gasteiger partial charge in [-0.2, -0.15) is 5.26 Å². The summed E-state index contributed by atoms with van der Waals surface area (Å²) in [6, 6.07) is 14.4. The minimum absolute atomic E-state index is 0.00215. The van der Waals surface area contributed by atoms with E-state index < -0.39 is 5.82 Å². The minimum Gasteiger partial charge on any atom is -0.354 e. The first-order valence-corrected chi connectivity index (χ1v) is 7.91. The van der Waals surface area contributed by atoms with Crippen molar-refractivity contribution < 1.29 is 9.18 Å². The van der Waals surface area contributed by atoms with Crippen molar-refractivity contribution in [2.24, 2.45) is 0 Å². The molecule has 26 heavy (non-hydrogen) atoms. The van der Waals surface area contributed by atoms with Crippen molar-refractivity contribution in [3.8, 4) is 6.07 Å². The molecule has 0 aliphatic rings. The van der Waals surface area contributed by atoms with Gasteiger partial charge in [-0.15, -0.1) is 0 Å². The Morgan fingerprint density at radius 3 is 2.46 bits per heavy atom. The summed E-state index contributed by atoms with van der Waals surface area (Å²) < 4.78 is 13.2. The molecule has 0 fully saturated rings. The lowest BCUT2D eigenvalue weighted by Gasteiger charge is -2.09. The molecule has 1 aromatic heterocycles. The topological polar surface area (TPSA) is 77.8 Å². The molecule has 3 rings (SSSR count). The second kappa shape index (κ2) is 7.64. The van der Waals surface area contributed by atoms with E-state index >= 15 is 0 Å². The van der Waals surface area contributed by atoms with Gasteiger partial charge in [0.1, 0.15) is 5.82 Å². The molecular weight excluding hydrogens is 355 g/mol. The fourth-order valence-corrected chi connectivity index (χ4v) is 2.38. The maximum atomic E-state index is 13.2. The number of carbonyl (C=O) groups is 1. The number of nitriles is 1. The van der Waals surface area contributed by atoms with E-state index in [9.17, 15) is 9.18 Å². The van der Waals surface area contributed by atoms with Crippen LogP contribution in [-0.2, 0) is 0 Å². The van der Waals surface area contributed by atoms with Crippen molar-refractivity contribution in [3.05, 3.63) is 82.9 Å². The van der Waals surface area contributed by atoms with Crippen LogP contribution in [0.15, 0.2) is 60.9 Å². The normalized spacial score (nSPS) is 10.0. The van der Waals surface area contributed by atoms with Crippen LogP contribution in [0.3, 0.4) is 0 Å². The van der Waals surface area contributed by atoms with Gasteiger partial charge in [0.25, 0.3) is 5.91 Å². The van der Waals surface area contributed by atoms with Gasteiger partial charge in [-0.3, -0.25) is 9.78 Å². The number of carbonyl (C=O) groups excluding carboxylic acids is 1. The van der Waals surface area contributed by atoms with E-state index in [1.807, 2.05) is 6.07 Å². The first-order chi connectivity index (χ1) is 12.5. The maximum absolute atomic E-state index is 13.2. The van der Waals surface area contributed by atoms with Gasteiger partial charge in [0, 0.05) is 17.6 Å². The predicted octanol–water partition coefficient (Wildman–Crippen LogP) is 4.74. The first-order valence-electron chi connectivity index (χ1n) is 7.54. The quantitative estimate of drug-likeness (QED) is 0.699. The van der Waals surface area contributed by atoms with Crippen LogP contribution in [0.1, 0.15) is 15.9 Å². The summed E-state index contributed by atoms with van der Waals surface area (Å²) in [6.45, 7) is 0. The van der Waals surface area contributed by atoms with Gasteiger partial charge in [0.05, 0.1) is 34.1 Å². The molecule has 2 N–H and O–H groups in total. The van der Waals surface area contributed by atoms with Gasteiger partial charge in [-0.25, -0.2) is 4.39 Å². The fourth-order valence-electron chi connectivity index (χ4n) is 2.20. The van der Waals surface area contributed by atoms with E-state index in [0.717, 1.165) is 0 Å². The number of benzene rings is 2. The molecular formula is C19H12ClFN4O. The number of halogens is 2. The molecule has 1 amide bonds. The van der Waals surface area contributed by atoms with Crippen LogP contribution in [0, 0.1) is 17.1 Å². The van der Waals surface area contributed by atoms with Gasteiger partial charge in [0.15, 0.2) is 0 Å². The molecule has 0 bridgehead atoms. The van der Waals surface area contributed by atoms with Crippen LogP contribution < -0.4 is 10.6 Å². The molecule has 0 saturated carbocycles. The van der Waals surface area contributed by atoms with Crippen LogP contribution in [-0.4, -0.2) is 10.9 Å². The predicted molar refractivity (Wildman–Crippen MR) is 98.0 cm³/mol. The lowest BCUT2D eigenvalue weighted by molar-refractivity contribution is 0.102. The highest BCUT2D eigenvalue weighted by Crippen LogP contribution is 2.23.